The Bertz CT molecular complexity index is 2230. The fourth-order valence-electron chi connectivity index (χ4n) is 6.56. The topological polar surface area (TPSA) is 12.9 Å². The number of aromatic nitrogens is 1. The Kier molecular flexibility index (Phi) is 6.77. The Morgan fingerprint density at radius 1 is 0.311 bits per heavy atom. The van der Waals surface area contributed by atoms with Gasteiger partial charge in [-0.3, -0.25) is 0 Å². The van der Waals surface area contributed by atoms with E-state index in [4.69, 9.17) is 4.98 Å². The molecule has 212 valence electrons. The molecule has 0 N–H and O–H groups in total. The van der Waals surface area contributed by atoms with Crippen LogP contribution in [0.3, 0.4) is 0 Å². The minimum atomic E-state index is 0.967. The molecule has 0 fully saturated rings. The lowest BCUT2D eigenvalue weighted by molar-refractivity contribution is 1.32. The van der Waals surface area contributed by atoms with Gasteiger partial charge in [0.2, 0.25) is 0 Å². The van der Waals surface area contributed by atoms with E-state index >= 15 is 0 Å². The van der Waals surface area contributed by atoms with Gasteiger partial charge >= 0.3 is 0 Å². The summed E-state index contributed by atoms with van der Waals surface area (Å²) in [7, 11) is 0. The first kappa shape index (κ1) is 26.8. The van der Waals surface area contributed by atoms with E-state index in [1.54, 1.807) is 0 Å². The van der Waals surface area contributed by atoms with Crippen LogP contribution in [-0.4, -0.2) is 4.98 Å². The van der Waals surface area contributed by atoms with Gasteiger partial charge in [-0.1, -0.05) is 157 Å². The molecule has 0 bridgehead atoms. The van der Waals surface area contributed by atoms with Crippen LogP contribution < -0.4 is 0 Å². The summed E-state index contributed by atoms with van der Waals surface area (Å²) in [5, 5.41) is 5.04. The van der Waals surface area contributed by atoms with Crippen molar-refractivity contribution in [2.75, 3.05) is 0 Å². The number of rotatable bonds is 5. The Hall–Kier alpha value is -5.79. The van der Waals surface area contributed by atoms with Crippen molar-refractivity contribution in [2.24, 2.45) is 0 Å². The number of aryl methyl sites for hydroxylation is 1. The molecule has 1 aromatic heterocycles. The largest absolute Gasteiger partial charge is 0.248 e. The summed E-state index contributed by atoms with van der Waals surface area (Å²) in [6.45, 7) is 2.18. The summed E-state index contributed by atoms with van der Waals surface area (Å²) < 4.78 is 0. The SMILES string of the molecule is Cc1ccc2c(-c3ccccc3)c3cc(-c4cc(-c5ccccc5)nc(-c5ccccc5)c4)ccc3c(-c3ccccc3)c2c1. The lowest BCUT2D eigenvalue weighted by atomic mass is 9.84. The van der Waals surface area contributed by atoms with Gasteiger partial charge in [-0.05, 0) is 80.0 Å². The van der Waals surface area contributed by atoms with Crippen molar-refractivity contribution in [3.8, 4) is 55.9 Å². The predicted octanol–water partition coefficient (Wildman–Crippen LogP) is 12.0. The molecule has 7 aromatic carbocycles. The second-order valence-electron chi connectivity index (χ2n) is 11.6. The smallest absolute Gasteiger partial charge is 0.0715 e. The second kappa shape index (κ2) is 11.4. The van der Waals surface area contributed by atoms with Crippen molar-refractivity contribution in [1.82, 2.24) is 4.98 Å². The molecule has 0 atom stereocenters. The van der Waals surface area contributed by atoms with E-state index in [-0.39, 0.29) is 0 Å². The zero-order chi connectivity index (χ0) is 30.2. The average Bonchev–Trinajstić information content (AvgIpc) is 3.11. The van der Waals surface area contributed by atoms with Crippen LogP contribution in [0.25, 0.3) is 77.4 Å². The Labute approximate surface area is 264 Å². The second-order valence-corrected chi connectivity index (χ2v) is 11.6. The number of pyridine rings is 1. The summed E-state index contributed by atoms with van der Waals surface area (Å²) in [6.07, 6.45) is 0. The maximum atomic E-state index is 5.13. The van der Waals surface area contributed by atoms with Gasteiger partial charge < -0.3 is 0 Å². The third-order valence-electron chi connectivity index (χ3n) is 8.69. The van der Waals surface area contributed by atoms with Crippen LogP contribution in [0.2, 0.25) is 0 Å². The number of hydrogen-bond donors (Lipinski definition) is 0. The fourth-order valence-corrected chi connectivity index (χ4v) is 6.56. The maximum Gasteiger partial charge on any atom is 0.0715 e. The Morgan fingerprint density at radius 2 is 0.733 bits per heavy atom. The van der Waals surface area contributed by atoms with Crippen LogP contribution in [0.5, 0.6) is 0 Å². The lowest BCUT2D eigenvalue weighted by Gasteiger charge is -2.19. The summed E-state index contributed by atoms with van der Waals surface area (Å²) in [5.74, 6) is 0. The van der Waals surface area contributed by atoms with Crippen molar-refractivity contribution in [3.63, 3.8) is 0 Å². The highest BCUT2D eigenvalue weighted by Gasteiger charge is 2.18. The monoisotopic (exact) mass is 573 g/mol. The van der Waals surface area contributed by atoms with Gasteiger partial charge in [0.05, 0.1) is 11.4 Å². The molecule has 8 aromatic rings. The molecule has 1 nitrogen and oxygen atoms in total. The third kappa shape index (κ3) is 4.99. The first-order chi connectivity index (χ1) is 22.2. The molecule has 0 amide bonds. The highest BCUT2D eigenvalue weighted by Crippen LogP contribution is 2.45. The van der Waals surface area contributed by atoms with Gasteiger partial charge in [0.1, 0.15) is 0 Å². The van der Waals surface area contributed by atoms with Crippen LogP contribution in [0.15, 0.2) is 170 Å². The summed E-state index contributed by atoms with van der Waals surface area (Å²) in [5.41, 5.74) is 12.7. The van der Waals surface area contributed by atoms with Gasteiger partial charge in [-0.15, -0.1) is 0 Å². The van der Waals surface area contributed by atoms with Crippen molar-refractivity contribution < 1.29 is 0 Å². The molecule has 0 unspecified atom stereocenters. The van der Waals surface area contributed by atoms with Crippen molar-refractivity contribution in [3.05, 3.63) is 175 Å². The molecule has 0 aliphatic rings. The summed E-state index contributed by atoms with van der Waals surface area (Å²) >= 11 is 0. The molecule has 0 aliphatic carbocycles. The first-order valence-corrected chi connectivity index (χ1v) is 15.5. The van der Waals surface area contributed by atoms with Crippen LogP contribution in [0.1, 0.15) is 5.56 Å². The summed E-state index contributed by atoms with van der Waals surface area (Å²) in [6, 6.07) is 60.9. The average molecular weight is 574 g/mol. The van der Waals surface area contributed by atoms with E-state index < -0.39 is 0 Å². The molecule has 1 heterocycles. The van der Waals surface area contributed by atoms with Crippen molar-refractivity contribution in [2.45, 2.75) is 6.92 Å². The normalized spacial score (nSPS) is 11.2. The zero-order valence-electron chi connectivity index (χ0n) is 25.1. The summed E-state index contributed by atoms with van der Waals surface area (Å²) in [4.78, 5) is 5.13. The lowest BCUT2D eigenvalue weighted by Crippen LogP contribution is -1.93. The van der Waals surface area contributed by atoms with Gasteiger partial charge in [0, 0.05) is 11.1 Å². The van der Waals surface area contributed by atoms with Gasteiger partial charge in [-0.25, -0.2) is 4.98 Å². The van der Waals surface area contributed by atoms with E-state index in [2.05, 4.69) is 177 Å². The minimum absolute atomic E-state index is 0.967. The molecule has 0 aliphatic heterocycles. The van der Waals surface area contributed by atoms with Crippen molar-refractivity contribution >= 4 is 21.5 Å². The van der Waals surface area contributed by atoms with Gasteiger partial charge in [0.15, 0.2) is 0 Å². The van der Waals surface area contributed by atoms with E-state index in [1.807, 2.05) is 0 Å². The number of nitrogens with zero attached hydrogens (tertiary/aromatic N) is 1. The fraction of sp³-hybridized carbons (Fsp3) is 0.0227. The van der Waals surface area contributed by atoms with Gasteiger partial charge in [-0.2, -0.15) is 0 Å². The zero-order valence-corrected chi connectivity index (χ0v) is 25.1. The molecule has 8 rings (SSSR count). The van der Waals surface area contributed by atoms with Crippen molar-refractivity contribution in [1.29, 1.82) is 0 Å². The Morgan fingerprint density at radius 3 is 1.22 bits per heavy atom. The van der Waals surface area contributed by atoms with Gasteiger partial charge in [0.25, 0.3) is 0 Å². The molecule has 0 saturated carbocycles. The van der Waals surface area contributed by atoms with E-state index in [1.165, 1.54) is 54.9 Å². The molecule has 0 spiro atoms. The molecular weight excluding hydrogens is 542 g/mol. The highest BCUT2D eigenvalue weighted by molar-refractivity contribution is 6.22. The minimum Gasteiger partial charge on any atom is -0.248 e. The third-order valence-corrected chi connectivity index (χ3v) is 8.69. The number of benzene rings is 7. The van der Waals surface area contributed by atoms with Crippen LogP contribution in [-0.2, 0) is 0 Å². The highest BCUT2D eigenvalue weighted by atomic mass is 14.7. The molecule has 1 heteroatoms. The van der Waals surface area contributed by atoms with E-state index in [0.29, 0.717) is 0 Å². The molecule has 0 radical (unpaired) electrons. The van der Waals surface area contributed by atoms with E-state index in [9.17, 15) is 0 Å². The quantitative estimate of drug-likeness (QED) is 0.187. The standard InChI is InChI=1S/C44H31N/c1-30-22-24-37-39(26-30)43(33-18-10-4-11-19-33)38-25-23-35(27-40(38)44(37)34-20-12-5-13-21-34)36-28-41(31-14-6-2-7-15-31)45-42(29-36)32-16-8-3-9-17-32/h2-29H,1H3. The van der Waals surface area contributed by atoms with Crippen LogP contribution in [0, 0.1) is 6.92 Å². The molecular formula is C44H31N. The number of hydrogen-bond acceptors (Lipinski definition) is 1. The molecule has 45 heavy (non-hydrogen) atoms. The van der Waals surface area contributed by atoms with Crippen LogP contribution >= 0.6 is 0 Å². The van der Waals surface area contributed by atoms with Crippen LogP contribution in [0.4, 0.5) is 0 Å². The Balaban J connectivity index is 1.45. The first-order valence-electron chi connectivity index (χ1n) is 15.5. The maximum absolute atomic E-state index is 5.13. The van der Waals surface area contributed by atoms with E-state index in [0.717, 1.165) is 28.1 Å². The predicted molar refractivity (Wildman–Crippen MR) is 191 cm³/mol. The molecule has 0 saturated heterocycles. The number of fused-ring (bicyclic) bond motifs is 2.